The molecule has 3 rings (SSSR count). The molecular formula is C19H22FN3O3. The van der Waals surface area contributed by atoms with Crippen LogP contribution in [-0.4, -0.2) is 41.7 Å². The minimum atomic E-state index is -0.494. The number of anilines is 1. The molecule has 1 aromatic carbocycles. The SMILES string of the molecule is CCOC[C@H]1CCCN1C(=O)Nc1cccnc1Oc1ccccc1F. The largest absolute Gasteiger partial charge is 0.434 e. The van der Waals surface area contributed by atoms with Gasteiger partial charge in [-0.05, 0) is 44.0 Å². The molecule has 2 heterocycles. The highest BCUT2D eigenvalue weighted by molar-refractivity contribution is 5.91. The number of benzene rings is 1. The van der Waals surface area contributed by atoms with Crippen molar-refractivity contribution in [2.24, 2.45) is 0 Å². The van der Waals surface area contributed by atoms with E-state index in [1.165, 1.54) is 18.3 Å². The third-order valence-corrected chi connectivity index (χ3v) is 4.21. The Morgan fingerprint density at radius 1 is 1.35 bits per heavy atom. The number of aromatic nitrogens is 1. The molecule has 26 heavy (non-hydrogen) atoms. The van der Waals surface area contributed by atoms with Gasteiger partial charge in [0.15, 0.2) is 11.6 Å². The maximum absolute atomic E-state index is 13.8. The summed E-state index contributed by atoms with van der Waals surface area (Å²) in [6.07, 6.45) is 3.38. The van der Waals surface area contributed by atoms with Crippen molar-refractivity contribution in [2.45, 2.75) is 25.8 Å². The van der Waals surface area contributed by atoms with Gasteiger partial charge < -0.3 is 19.7 Å². The van der Waals surface area contributed by atoms with Gasteiger partial charge in [0.2, 0.25) is 5.88 Å². The summed E-state index contributed by atoms with van der Waals surface area (Å²) < 4.78 is 24.8. The van der Waals surface area contributed by atoms with E-state index >= 15 is 0 Å². The monoisotopic (exact) mass is 359 g/mol. The van der Waals surface area contributed by atoms with Gasteiger partial charge in [0.1, 0.15) is 5.69 Å². The molecule has 1 atom stereocenters. The second-order valence-electron chi connectivity index (χ2n) is 5.97. The lowest BCUT2D eigenvalue weighted by Crippen LogP contribution is -2.41. The Balaban J connectivity index is 1.72. The number of urea groups is 1. The van der Waals surface area contributed by atoms with Gasteiger partial charge in [-0.15, -0.1) is 0 Å². The van der Waals surface area contributed by atoms with Crippen LogP contribution in [0.25, 0.3) is 0 Å². The summed E-state index contributed by atoms with van der Waals surface area (Å²) in [5, 5.41) is 2.82. The van der Waals surface area contributed by atoms with E-state index in [1.807, 2.05) is 6.92 Å². The van der Waals surface area contributed by atoms with Gasteiger partial charge in [-0.3, -0.25) is 0 Å². The topological polar surface area (TPSA) is 63.7 Å². The highest BCUT2D eigenvalue weighted by Crippen LogP contribution is 2.29. The van der Waals surface area contributed by atoms with Crippen LogP contribution >= 0.6 is 0 Å². The molecule has 0 spiro atoms. The third kappa shape index (κ3) is 4.29. The van der Waals surface area contributed by atoms with E-state index in [1.54, 1.807) is 29.2 Å². The fourth-order valence-corrected chi connectivity index (χ4v) is 2.92. The van der Waals surface area contributed by atoms with Gasteiger partial charge in [-0.1, -0.05) is 12.1 Å². The Labute approximate surface area is 151 Å². The number of rotatable bonds is 6. The Morgan fingerprint density at radius 3 is 3.00 bits per heavy atom. The highest BCUT2D eigenvalue weighted by atomic mass is 19.1. The summed E-state index contributed by atoms with van der Waals surface area (Å²) >= 11 is 0. The molecule has 0 aliphatic carbocycles. The third-order valence-electron chi connectivity index (χ3n) is 4.21. The number of ether oxygens (including phenoxy) is 2. The van der Waals surface area contributed by atoms with Crippen LogP contribution in [0, 0.1) is 5.82 Å². The van der Waals surface area contributed by atoms with E-state index in [2.05, 4.69) is 10.3 Å². The predicted molar refractivity (Wildman–Crippen MR) is 96.0 cm³/mol. The van der Waals surface area contributed by atoms with Gasteiger partial charge in [-0.25, -0.2) is 14.2 Å². The second kappa shape index (κ2) is 8.62. The maximum atomic E-state index is 13.8. The van der Waals surface area contributed by atoms with Gasteiger partial charge >= 0.3 is 6.03 Å². The Bertz CT molecular complexity index is 756. The molecule has 1 N–H and O–H groups in total. The van der Waals surface area contributed by atoms with Crippen molar-refractivity contribution in [1.82, 2.24) is 9.88 Å². The summed E-state index contributed by atoms with van der Waals surface area (Å²) in [5.74, 6) is -0.296. The number of amides is 2. The van der Waals surface area contributed by atoms with Crippen molar-refractivity contribution < 1.29 is 18.7 Å². The smallest absolute Gasteiger partial charge is 0.322 e. The molecule has 138 valence electrons. The van der Waals surface area contributed by atoms with Crippen molar-refractivity contribution in [2.75, 3.05) is 25.1 Å². The van der Waals surface area contributed by atoms with E-state index < -0.39 is 5.82 Å². The molecule has 1 aliphatic rings. The van der Waals surface area contributed by atoms with Gasteiger partial charge in [0, 0.05) is 19.3 Å². The normalized spacial score (nSPS) is 16.5. The molecule has 2 amide bonds. The van der Waals surface area contributed by atoms with Gasteiger partial charge in [-0.2, -0.15) is 0 Å². The number of nitrogens with zero attached hydrogens (tertiary/aromatic N) is 2. The van der Waals surface area contributed by atoms with E-state index in [0.717, 1.165) is 12.8 Å². The first-order chi connectivity index (χ1) is 12.7. The van der Waals surface area contributed by atoms with Crippen LogP contribution in [0.4, 0.5) is 14.9 Å². The quantitative estimate of drug-likeness (QED) is 0.845. The molecule has 7 heteroatoms. The zero-order valence-electron chi connectivity index (χ0n) is 14.7. The Morgan fingerprint density at radius 2 is 2.19 bits per heavy atom. The first kappa shape index (κ1) is 18.1. The fraction of sp³-hybridized carbons (Fsp3) is 0.368. The summed E-state index contributed by atoms with van der Waals surface area (Å²) in [6.45, 7) is 3.75. The van der Waals surface area contributed by atoms with Crippen molar-refractivity contribution in [3.05, 3.63) is 48.4 Å². The lowest BCUT2D eigenvalue weighted by molar-refractivity contribution is 0.0970. The van der Waals surface area contributed by atoms with Gasteiger partial charge in [0.05, 0.1) is 12.6 Å². The molecule has 0 bridgehead atoms. The highest BCUT2D eigenvalue weighted by Gasteiger charge is 2.29. The zero-order chi connectivity index (χ0) is 18.4. The number of carbonyl (C=O) groups excluding carboxylic acids is 1. The van der Waals surface area contributed by atoms with Crippen molar-refractivity contribution in [3.63, 3.8) is 0 Å². The molecule has 0 radical (unpaired) electrons. The Kier molecular flexibility index (Phi) is 6.01. The van der Waals surface area contributed by atoms with Crippen LogP contribution < -0.4 is 10.1 Å². The van der Waals surface area contributed by atoms with E-state index in [4.69, 9.17) is 9.47 Å². The summed E-state index contributed by atoms with van der Waals surface area (Å²) in [7, 11) is 0. The summed E-state index contributed by atoms with van der Waals surface area (Å²) in [6, 6.07) is 9.24. The molecule has 1 fully saturated rings. The van der Waals surface area contributed by atoms with Crippen LogP contribution in [0.5, 0.6) is 11.6 Å². The van der Waals surface area contributed by atoms with Crippen molar-refractivity contribution >= 4 is 11.7 Å². The molecule has 0 unspecified atom stereocenters. The number of carbonyl (C=O) groups is 1. The van der Waals surface area contributed by atoms with Gasteiger partial charge in [0.25, 0.3) is 0 Å². The number of halogens is 1. The van der Waals surface area contributed by atoms with Crippen LogP contribution in [-0.2, 0) is 4.74 Å². The van der Waals surface area contributed by atoms with E-state index in [9.17, 15) is 9.18 Å². The molecule has 1 saturated heterocycles. The molecular weight excluding hydrogens is 337 g/mol. The van der Waals surface area contributed by atoms with Crippen LogP contribution in [0.2, 0.25) is 0 Å². The summed E-state index contributed by atoms with van der Waals surface area (Å²) in [4.78, 5) is 18.5. The molecule has 2 aromatic rings. The Hall–Kier alpha value is -2.67. The fourth-order valence-electron chi connectivity index (χ4n) is 2.92. The molecule has 0 saturated carbocycles. The standard InChI is InChI=1S/C19H22FN3O3/c1-2-25-13-14-7-6-12-23(14)19(24)22-16-9-5-11-21-18(16)26-17-10-4-3-8-15(17)20/h3-5,8-11,14H,2,6-7,12-13H2,1H3,(H,22,24)/t14-/m1/s1. The number of para-hydroxylation sites is 1. The van der Waals surface area contributed by atoms with Crippen molar-refractivity contribution in [1.29, 1.82) is 0 Å². The minimum Gasteiger partial charge on any atom is -0.434 e. The van der Waals surface area contributed by atoms with E-state index in [-0.39, 0.29) is 23.7 Å². The summed E-state index contributed by atoms with van der Waals surface area (Å²) in [5.41, 5.74) is 0.391. The number of nitrogens with one attached hydrogen (secondary N) is 1. The van der Waals surface area contributed by atoms with Crippen LogP contribution in [0.1, 0.15) is 19.8 Å². The maximum Gasteiger partial charge on any atom is 0.322 e. The zero-order valence-corrected chi connectivity index (χ0v) is 14.7. The van der Waals surface area contributed by atoms with Crippen LogP contribution in [0.15, 0.2) is 42.6 Å². The van der Waals surface area contributed by atoms with E-state index in [0.29, 0.717) is 25.4 Å². The predicted octanol–water partition coefficient (Wildman–Crippen LogP) is 4.05. The van der Waals surface area contributed by atoms with Crippen molar-refractivity contribution in [3.8, 4) is 11.6 Å². The van der Waals surface area contributed by atoms with Crippen LogP contribution in [0.3, 0.4) is 0 Å². The average Bonchev–Trinajstić information content (AvgIpc) is 3.12. The number of likely N-dealkylation sites (tertiary alicyclic amines) is 1. The lowest BCUT2D eigenvalue weighted by atomic mass is 10.2. The molecule has 1 aliphatic heterocycles. The lowest BCUT2D eigenvalue weighted by Gasteiger charge is -2.25. The molecule has 1 aromatic heterocycles. The minimum absolute atomic E-state index is 0.0529. The average molecular weight is 359 g/mol. The number of hydrogen-bond acceptors (Lipinski definition) is 4. The first-order valence-corrected chi connectivity index (χ1v) is 8.71. The number of pyridine rings is 1. The second-order valence-corrected chi connectivity index (χ2v) is 5.97. The number of hydrogen-bond donors (Lipinski definition) is 1. The molecule has 6 nitrogen and oxygen atoms in total. The first-order valence-electron chi connectivity index (χ1n) is 8.71.